The summed E-state index contributed by atoms with van der Waals surface area (Å²) in [5, 5.41) is 0. The number of ether oxygens (including phenoxy) is 1. The highest BCUT2D eigenvalue weighted by Crippen LogP contribution is 2.23. The van der Waals surface area contributed by atoms with Gasteiger partial charge in [0.05, 0.1) is 18.0 Å². The summed E-state index contributed by atoms with van der Waals surface area (Å²) in [6.45, 7) is 0.914. The molecule has 0 saturated carbocycles. The summed E-state index contributed by atoms with van der Waals surface area (Å²) in [5.41, 5.74) is 7.21. The fourth-order valence-corrected chi connectivity index (χ4v) is 2.70. The van der Waals surface area contributed by atoms with Crippen molar-refractivity contribution < 1.29 is 4.74 Å². The molecule has 2 aliphatic rings. The number of fused-ring (bicyclic) bond motifs is 1. The van der Waals surface area contributed by atoms with Gasteiger partial charge in [0.2, 0.25) is 0 Å². The zero-order valence-corrected chi connectivity index (χ0v) is 9.56. The van der Waals surface area contributed by atoms with Crippen LogP contribution in [0.2, 0.25) is 0 Å². The minimum Gasteiger partial charge on any atom is -0.378 e. The quantitative estimate of drug-likeness (QED) is 0.821. The molecule has 1 aromatic heterocycles. The van der Waals surface area contributed by atoms with Gasteiger partial charge in [-0.25, -0.2) is 4.98 Å². The molecule has 88 valence electrons. The van der Waals surface area contributed by atoms with Gasteiger partial charge in [0.25, 0.3) is 0 Å². The predicted molar refractivity (Wildman–Crippen MR) is 61.1 cm³/mol. The smallest absolute Gasteiger partial charge is 0.110 e. The molecule has 3 heterocycles. The van der Waals surface area contributed by atoms with E-state index in [1.165, 1.54) is 12.8 Å². The number of nitrogens with zero attached hydrogens (tertiary/aromatic N) is 2. The van der Waals surface area contributed by atoms with E-state index >= 15 is 0 Å². The van der Waals surface area contributed by atoms with E-state index in [1.807, 2.05) is 0 Å². The highest BCUT2D eigenvalue weighted by molar-refractivity contribution is 5.09. The number of nitrogens with two attached hydrogens (primary N) is 1. The third kappa shape index (κ3) is 1.87. The Balaban J connectivity index is 1.75. The Morgan fingerprint density at radius 3 is 3.12 bits per heavy atom. The van der Waals surface area contributed by atoms with Crippen LogP contribution in [-0.2, 0) is 17.6 Å². The van der Waals surface area contributed by atoms with Crippen molar-refractivity contribution in [3.8, 4) is 0 Å². The van der Waals surface area contributed by atoms with Crippen LogP contribution in [0, 0.1) is 0 Å². The van der Waals surface area contributed by atoms with Crippen molar-refractivity contribution in [3.63, 3.8) is 0 Å². The lowest BCUT2D eigenvalue weighted by molar-refractivity contribution is 0.110. The molecule has 16 heavy (non-hydrogen) atoms. The van der Waals surface area contributed by atoms with Gasteiger partial charge in [0, 0.05) is 25.6 Å². The van der Waals surface area contributed by atoms with Crippen molar-refractivity contribution >= 4 is 0 Å². The summed E-state index contributed by atoms with van der Waals surface area (Å²) in [4.78, 5) is 4.67. The van der Waals surface area contributed by atoms with Crippen LogP contribution < -0.4 is 5.73 Å². The Morgan fingerprint density at radius 2 is 2.38 bits per heavy atom. The molecule has 0 spiro atoms. The van der Waals surface area contributed by atoms with Gasteiger partial charge in [-0.2, -0.15) is 0 Å². The maximum Gasteiger partial charge on any atom is 0.110 e. The van der Waals surface area contributed by atoms with E-state index in [2.05, 4.69) is 15.7 Å². The van der Waals surface area contributed by atoms with Crippen molar-refractivity contribution in [2.75, 3.05) is 6.61 Å². The predicted octanol–water partition coefficient (Wildman–Crippen LogP) is 1.40. The van der Waals surface area contributed by atoms with Crippen molar-refractivity contribution in [1.82, 2.24) is 9.55 Å². The van der Waals surface area contributed by atoms with Crippen LogP contribution in [0.25, 0.3) is 0 Å². The van der Waals surface area contributed by atoms with Crippen LogP contribution in [-0.4, -0.2) is 22.3 Å². The molecule has 0 bridgehead atoms. The van der Waals surface area contributed by atoms with Gasteiger partial charge in [-0.05, 0) is 25.7 Å². The van der Waals surface area contributed by atoms with Crippen molar-refractivity contribution in [2.24, 2.45) is 5.73 Å². The first kappa shape index (κ1) is 10.3. The minimum atomic E-state index is 0.134. The topological polar surface area (TPSA) is 53.1 Å². The molecule has 1 saturated heterocycles. The van der Waals surface area contributed by atoms with Gasteiger partial charge in [0.1, 0.15) is 5.82 Å². The van der Waals surface area contributed by atoms with Crippen molar-refractivity contribution in [3.05, 3.63) is 17.7 Å². The molecule has 0 radical (unpaired) electrons. The molecule has 3 rings (SSSR count). The largest absolute Gasteiger partial charge is 0.378 e. The molecule has 1 aromatic rings. The lowest BCUT2D eigenvalue weighted by Crippen LogP contribution is -2.24. The van der Waals surface area contributed by atoms with Crippen LogP contribution in [0.4, 0.5) is 0 Å². The summed E-state index contributed by atoms with van der Waals surface area (Å²) >= 11 is 0. The van der Waals surface area contributed by atoms with Crippen LogP contribution >= 0.6 is 0 Å². The zero-order chi connectivity index (χ0) is 11.0. The number of hydrogen-bond donors (Lipinski definition) is 1. The Hall–Kier alpha value is -0.870. The Kier molecular flexibility index (Phi) is 2.69. The van der Waals surface area contributed by atoms with Gasteiger partial charge < -0.3 is 15.0 Å². The molecule has 4 nitrogen and oxygen atoms in total. The summed E-state index contributed by atoms with van der Waals surface area (Å²) in [6.07, 6.45) is 9.27. The van der Waals surface area contributed by atoms with Gasteiger partial charge in [-0.15, -0.1) is 0 Å². The van der Waals surface area contributed by atoms with Crippen LogP contribution in [0.5, 0.6) is 0 Å². The van der Waals surface area contributed by atoms with Crippen LogP contribution in [0.15, 0.2) is 6.20 Å². The zero-order valence-electron chi connectivity index (χ0n) is 9.56. The molecule has 0 amide bonds. The lowest BCUT2D eigenvalue weighted by atomic mass is 10.1. The Labute approximate surface area is 95.8 Å². The van der Waals surface area contributed by atoms with E-state index in [9.17, 15) is 0 Å². The molecule has 4 heteroatoms. The van der Waals surface area contributed by atoms with Crippen molar-refractivity contribution in [1.29, 1.82) is 0 Å². The monoisotopic (exact) mass is 221 g/mol. The number of hydrogen-bond acceptors (Lipinski definition) is 3. The van der Waals surface area contributed by atoms with Gasteiger partial charge in [-0.1, -0.05) is 0 Å². The normalized spacial score (nSPS) is 29.3. The van der Waals surface area contributed by atoms with E-state index in [0.29, 0.717) is 6.10 Å². The molecule has 1 fully saturated rings. The standard InChI is InChI=1S/C12H19N3O/c13-11-4-1-5-12-14-9(8-15(11)12)7-10-3-2-6-16-10/h8,10-11H,1-7,13H2. The van der Waals surface area contributed by atoms with E-state index < -0.39 is 0 Å². The Bertz CT molecular complexity index is 368. The maximum atomic E-state index is 6.06. The second-order valence-corrected chi connectivity index (χ2v) is 4.85. The SMILES string of the molecule is NC1CCCc2nc(CC3CCCO3)cn21. The molecule has 2 unspecified atom stereocenters. The van der Waals surface area contributed by atoms with Gasteiger partial charge in [0.15, 0.2) is 0 Å². The summed E-state index contributed by atoms with van der Waals surface area (Å²) in [6, 6.07) is 0. The second-order valence-electron chi connectivity index (χ2n) is 4.85. The first-order valence-corrected chi connectivity index (χ1v) is 6.27. The molecular weight excluding hydrogens is 202 g/mol. The van der Waals surface area contributed by atoms with Gasteiger partial charge >= 0.3 is 0 Å². The summed E-state index contributed by atoms with van der Waals surface area (Å²) in [5.74, 6) is 1.16. The van der Waals surface area contributed by atoms with Gasteiger partial charge in [-0.3, -0.25) is 0 Å². The number of rotatable bonds is 2. The van der Waals surface area contributed by atoms with Crippen LogP contribution in [0.1, 0.15) is 43.4 Å². The summed E-state index contributed by atoms with van der Waals surface area (Å²) in [7, 11) is 0. The summed E-state index contributed by atoms with van der Waals surface area (Å²) < 4.78 is 7.78. The molecular formula is C12H19N3O. The van der Waals surface area contributed by atoms with E-state index in [0.717, 1.165) is 43.8 Å². The molecule has 2 aliphatic heterocycles. The van der Waals surface area contributed by atoms with E-state index in [-0.39, 0.29) is 6.17 Å². The van der Waals surface area contributed by atoms with Crippen molar-refractivity contribution in [2.45, 2.75) is 50.8 Å². The number of imidazole rings is 1. The third-order valence-corrected chi connectivity index (χ3v) is 3.58. The first-order valence-electron chi connectivity index (χ1n) is 6.27. The molecule has 0 aliphatic carbocycles. The fourth-order valence-electron chi connectivity index (χ4n) is 2.70. The average Bonchev–Trinajstić information content (AvgIpc) is 2.88. The first-order chi connectivity index (χ1) is 7.83. The molecule has 2 N–H and O–H groups in total. The van der Waals surface area contributed by atoms with Crippen LogP contribution in [0.3, 0.4) is 0 Å². The van der Waals surface area contributed by atoms with E-state index in [4.69, 9.17) is 10.5 Å². The number of aromatic nitrogens is 2. The third-order valence-electron chi connectivity index (χ3n) is 3.58. The highest BCUT2D eigenvalue weighted by atomic mass is 16.5. The Morgan fingerprint density at radius 1 is 1.44 bits per heavy atom. The van der Waals surface area contributed by atoms with E-state index in [1.54, 1.807) is 0 Å². The maximum absolute atomic E-state index is 6.06. The molecule has 2 atom stereocenters. The average molecular weight is 221 g/mol. The second kappa shape index (κ2) is 4.18. The highest BCUT2D eigenvalue weighted by Gasteiger charge is 2.21. The lowest BCUT2D eigenvalue weighted by Gasteiger charge is -2.20. The molecule has 0 aromatic carbocycles. The minimum absolute atomic E-state index is 0.134. The number of aryl methyl sites for hydroxylation is 1. The fraction of sp³-hybridized carbons (Fsp3) is 0.750.